The Bertz CT molecular complexity index is 1230. The summed E-state index contributed by atoms with van der Waals surface area (Å²) in [7, 11) is -4.23. The fraction of sp³-hybridized carbons (Fsp3) is 0.0667. The van der Waals surface area contributed by atoms with Gasteiger partial charge >= 0.3 is 6.18 Å². The van der Waals surface area contributed by atoms with Crippen molar-refractivity contribution in [3.05, 3.63) is 54.9 Å². The molecule has 15 heteroatoms. The zero-order chi connectivity index (χ0) is 22.4. The molecule has 5 nitrogen and oxygen atoms in total. The second kappa shape index (κ2) is 8.50. The fourth-order valence-electron chi connectivity index (χ4n) is 2.20. The summed E-state index contributed by atoms with van der Waals surface area (Å²) in [4.78, 5) is 3.58. The van der Waals surface area contributed by atoms with Gasteiger partial charge in [-0.15, -0.1) is 0 Å². The van der Waals surface area contributed by atoms with Crippen molar-refractivity contribution in [2.75, 3.05) is 4.72 Å². The molecule has 1 aromatic heterocycles. The Morgan fingerprint density at radius 3 is 2.10 bits per heavy atom. The molecule has 0 aliphatic heterocycles. The highest BCUT2D eigenvalue weighted by Crippen LogP contribution is 2.41. The molecule has 0 saturated carbocycles. The van der Waals surface area contributed by atoms with Gasteiger partial charge < -0.3 is 0 Å². The Labute approximate surface area is 196 Å². The quantitative estimate of drug-likeness (QED) is 0.342. The van der Waals surface area contributed by atoms with E-state index in [1.807, 2.05) is 0 Å². The van der Waals surface area contributed by atoms with Gasteiger partial charge in [-0.3, -0.25) is 4.72 Å². The van der Waals surface area contributed by atoms with E-state index in [-0.39, 0.29) is 46.5 Å². The van der Waals surface area contributed by atoms with Gasteiger partial charge in [0.1, 0.15) is 4.90 Å². The minimum Gasteiger partial charge on any atom is -0.253 e. The summed E-state index contributed by atoms with van der Waals surface area (Å²) in [5.74, 6) is -0.165. The molecule has 0 atom stereocenters. The zero-order valence-corrected chi connectivity index (χ0v) is 19.3. The molecule has 3 rings (SSSR count). The van der Waals surface area contributed by atoms with E-state index in [1.54, 1.807) is 0 Å². The lowest BCUT2D eigenvalue weighted by Crippen LogP contribution is -2.13. The molecule has 160 valence electrons. The first-order valence-electron chi connectivity index (χ1n) is 7.38. The summed E-state index contributed by atoms with van der Waals surface area (Å²) in [6.07, 6.45) is -4.65. The smallest absolute Gasteiger partial charge is 0.253 e. The van der Waals surface area contributed by atoms with E-state index in [9.17, 15) is 21.6 Å². The number of hydrogen-bond donors (Lipinski definition) is 1. The summed E-state index contributed by atoms with van der Waals surface area (Å²) in [5, 5.41) is -1.30. The summed E-state index contributed by atoms with van der Waals surface area (Å²) in [6, 6.07) is 3.73. The third kappa shape index (κ3) is 4.74. The van der Waals surface area contributed by atoms with Crippen LogP contribution in [0.2, 0.25) is 25.1 Å². The van der Waals surface area contributed by atoms with Crippen LogP contribution in [0.25, 0.3) is 11.4 Å². The van der Waals surface area contributed by atoms with Crippen molar-refractivity contribution in [1.82, 2.24) is 9.36 Å². The van der Waals surface area contributed by atoms with Crippen LogP contribution in [-0.2, 0) is 16.2 Å². The standard InChI is InChI=1S/C15H5Cl5F3N3O2S2/c16-6-1-2-9(12(20)11(6)19)30(27,28)26-14-24-13(25-29-14)10-7(17)3-5(4-8(10)18)15(21,22)23/h1-4H,(H,24,25,26). The molecule has 0 fully saturated rings. The molecule has 0 unspecified atom stereocenters. The average Bonchev–Trinajstić information content (AvgIpc) is 3.05. The Morgan fingerprint density at radius 2 is 1.53 bits per heavy atom. The summed E-state index contributed by atoms with van der Waals surface area (Å²) in [5.41, 5.74) is -1.13. The van der Waals surface area contributed by atoms with Crippen molar-refractivity contribution in [2.45, 2.75) is 11.1 Å². The Balaban J connectivity index is 1.95. The van der Waals surface area contributed by atoms with E-state index >= 15 is 0 Å². The number of anilines is 1. The minimum absolute atomic E-state index is 0.0606. The predicted molar refractivity (Wildman–Crippen MR) is 113 cm³/mol. The van der Waals surface area contributed by atoms with Gasteiger partial charge in [0.05, 0.1) is 36.2 Å². The Morgan fingerprint density at radius 1 is 0.933 bits per heavy atom. The SMILES string of the molecule is O=S(=O)(Nc1nc(-c2c(Cl)cc(C(F)(F)F)cc2Cl)ns1)c1ccc(Cl)c(Cl)c1Cl. The number of halogens is 8. The number of alkyl halides is 3. The molecule has 0 aliphatic carbocycles. The molecular weight excluding hydrogens is 553 g/mol. The first-order valence-corrected chi connectivity index (χ1v) is 11.5. The monoisotopic (exact) mass is 555 g/mol. The molecule has 0 amide bonds. The number of rotatable bonds is 4. The number of nitrogens with zero attached hydrogens (tertiary/aromatic N) is 2. The van der Waals surface area contributed by atoms with Crippen molar-refractivity contribution < 1.29 is 21.6 Å². The topological polar surface area (TPSA) is 72.0 Å². The molecule has 0 saturated heterocycles. The lowest BCUT2D eigenvalue weighted by Gasteiger charge is -2.10. The van der Waals surface area contributed by atoms with Crippen LogP contribution in [0, 0.1) is 0 Å². The van der Waals surface area contributed by atoms with Crippen LogP contribution in [0.3, 0.4) is 0 Å². The molecule has 0 bridgehead atoms. The van der Waals surface area contributed by atoms with E-state index in [0.717, 1.165) is 6.07 Å². The summed E-state index contributed by atoms with van der Waals surface area (Å²) >= 11 is 30.1. The molecule has 2 aromatic carbocycles. The lowest BCUT2D eigenvalue weighted by atomic mass is 10.1. The molecular formula is C15H5Cl5F3N3O2S2. The second-order valence-electron chi connectivity index (χ2n) is 5.51. The number of hydrogen-bond acceptors (Lipinski definition) is 5. The molecule has 0 aliphatic rings. The van der Waals surface area contributed by atoms with Crippen molar-refractivity contribution >= 4 is 84.7 Å². The molecule has 3 aromatic rings. The highest BCUT2D eigenvalue weighted by atomic mass is 35.5. The maximum absolute atomic E-state index is 12.9. The first kappa shape index (κ1) is 23.6. The maximum atomic E-state index is 12.9. The number of aromatic nitrogens is 2. The highest BCUT2D eigenvalue weighted by Gasteiger charge is 2.32. The third-order valence-electron chi connectivity index (χ3n) is 3.53. The Kier molecular flexibility index (Phi) is 6.70. The van der Waals surface area contributed by atoms with Gasteiger partial charge in [-0.2, -0.15) is 22.5 Å². The van der Waals surface area contributed by atoms with Crippen LogP contribution >= 0.6 is 69.5 Å². The van der Waals surface area contributed by atoms with Crippen LogP contribution < -0.4 is 4.72 Å². The third-order valence-corrected chi connectivity index (χ3v) is 7.67. The largest absolute Gasteiger partial charge is 0.416 e. The van der Waals surface area contributed by atoms with Gasteiger partial charge in [0.2, 0.25) is 5.13 Å². The van der Waals surface area contributed by atoms with Gasteiger partial charge in [0, 0.05) is 11.5 Å². The van der Waals surface area contributed by atoms with Crippen molar-refractivity contribution in [2.24, 2.45) is 0 Å². The van der Waals surface area contributed by atoms with E-state index in [4.69, 9.17) is 58.0 Å². The summed E-state index contributed by atoms with van der Waals surface area (Å²) < 4.78 is 69.8. The van der Waals surface area contributed by atoms with Crippen LogP contribution in [0.1, 0.15) is 5.56 Å². The van der Waals surface area contributed by atoms with E-state index < -0.39 is 21.8 Å². The Hall–Kier alpha value is -1.01. The van der Waals surface area contributed by atoms with Gasteiger partial charge in [-0.05, 0) is 24.3 Å². The van der Waals surface area contributed by atoms with Crippen molar-refractivity contribution in [1.29, 1.82) is 0 Å². The average molecular weight is 558 g/mol. The predicted octanol–water partition coefficient (Wildman–Crippen LogP) is 7.29. The maximum Gasteiger partial charge on any atom is 0.416 e. The van der Waals surface area contributed by atoms with E-state index in [1.165, 1.54) is 6.07 Å². The zero-order valence-electron chi connectivity index (χ0n) is 13.9. The van der Waals surface area contributed by atoms with Gasteiger partial charge in [0.15, 0.2) is 5.82 Å². The van der Waals surface area contributed by atoms with Crippen molar-refractivity contribution in [3.63, 3.8) is 0 Å². The van der Waals surface area contributed by atoms with E-state index in [2.05, 4.69) is 14.1 Å². The summed E-state index contributed by atoms with van der Waals surface area (Å²) in [6.45, 7) is 0. The van der Waals surface area contributed by atoms with E-state index in [0.29, 0.717) is 23.7 Å². The molecule has 0 spiro atoms. The van der Waals surface area contributed by atoms with Gasteiger partial charge in [-0.1, -0.05) is 58.0 Å². The van der Waals surface area contributed by atoms with Crippen LogP contribution in [-0.4, -0.2) is 17.8 Å². The van der Waals surface area contributed by atoms with Gasteiger partial charge in [0.25, 0.3) is 10.0 Å². The first-order chi connectivity index (χ1) is 13.8. The van der Waals surface area contributed by atoms with Gasteiger partial charge in [-0.25, -0.2) is 8.42 Å². The van der Waals surface area contributed by atoms with Crippen molar-refractivity contribution in [3.8, 4) is 11.4 Å². The fourth-order valence-corrected chi connectivity index (χ4v) is 5.64. The second-order valence-corrected chi connectivity index (χ2v) is 9.89. The molecule has 1 heterocycles. The number of nitrogens with one attached hydrogen (secondary N) is 1. The van der Waals surface area contributed by atoms with Crippen LogP contribution in [0.4, 0.5) is 18.3 Å². The van der Waals surface area contributed by atoms with Crippen LogP contribution in [0.5, 0.6) is 0 Å². The number of sulfonamides is 1. The molecule has 1 N–H and O–H groups in total. The minimum atomic E-state index is -4.65. The van der Waals surface area contributed by atoms with Crippen LogP contribution in [0.15, 0.2) is 29.2 Å². The molecule has 0 radical (unpaired) electrons. The lowest BCUT2D eigenvalue weighted by molar-refractivity contribution is -0.137. The number of benzene rings is 2. The highest BCUT2D eigenvalue weighted by molar-refractivity contribution is 7.93. The molecule has 30 heavy (non-hydrogen) atoms. The normalized spacial score (nSPS) is 12.3.